The van der Waals surface area contributed by atoms with Crippen LogP contribution < -0.4 is 0 Å². The second-order valence-corrected chi connectivity index (χ2v) is 2.56. The maximum Gasteiger partial charge on any atom is 0.417 e. The van der Waals surface area contributed by atoms with Crippen LogP contribution in [0.2, 0.25) is 0 Å². The molecule has 0 saturated carbocycles. The summed E-state index contributed by atoms with van der Waals surface area (Å²) in [6, 6.07) is 0. The van der Waals surface area contributed by atoms with E-state index in [1.165, 1.54) is 0 Å². The molecule has 7 heteroatoms. The van der Waals surface area contributed by atoms with Crippen molar-refractivity contribution < 1.29 is 31.1 Å². The van der Waals surface area contributed by atoms with Crippen molar-refractivity contribution in [2.75, 3.05) is 0 Å². The average molecular weight is 230 g/mol. The molecule has 0 amide bonds. The molecule has 0 bridgehead atoms. The second-order valence-electron chi connectivity index (χ2n) is 2.56. The monoisotopic (exact) mass is 230 g/mol. The van der Waals surface area contributed by atoms with Gasteiger partial charge in [-0.05, 0) is 12.2 Å². The van der Waals surface area contributed by atoms with Gasteiger partial charge in [0.1, 0.15) is 0 Å². The third kappa shape index (κ3) is 2.77. The van der Waals surface area contributed by atoms with Gasteiger partial charge in [0.05, 0.1) is 23.7 Å². The van der Waals surface area contributed by atoms with Crippen molar-refractivity contribution in [1.29, 1.82) is 0 Å². The molecule has 0 aliphatic carbocycles. The predicted molar refractivity (Wildman–Crippen MR) is 38.5 cm³/mol. The number of ether oxygens (including phenoxy) is 1. The molecule has 0 fully saturated rings. The number of hydrogen-bond donors (Lipinski definition) is 0. The van der Waals surface area contributed by atoms with Crippen LogP contribution in [0.25, 0.3) is 0 Å². The largest absolute Gasteiger partial charge is 0.473 e. The molecule has 0 spiro atoms. The average Bonchev–Trinajstić information content (AvgIpc) is 2.24. The van der Waals surface area contributed by atoms with E-state index in [-0.39, 0.29) is 12.2 Å². The molecule has 1 rings (SSSR count). The third-order valence-corrected chi connectivity index (χ3v) is 1.53. The lowest BCUT2D eigenvalue weighted by Gasteiger charge is -2.13. The summed E-state index contributed by atoms with van der Waals surface area (Å²) in [5, 5.41) is 0. The molecule has 1 aliphatic heterocycles. The van der Waals surface area contributed by atoms with E-state index in [0.29, 0.717) is 12.5 Å². The van der Waals surface area contributed by atoms with Crippen molar-refractivity contribution >= 4 is 0 Å². The molecular formula is C8H4F6O. The Balaban J connectivity index is 3.33. The Hall–Kier alpha value is -1.40. The van der Waals surface area contributed by atoms with E-state index in [9.17, 15) is 26.3 Å². The molecule has 1 aliphatic rings. The van der Waals surface area contributed by atoms with E-state index < -0.39 is 23.5 Å². The molecule has 0 aromatic heterocycles. The SMILES string of the molecule is FC(F)(F)C1=C(C(F)(F)F)C=COC=C1. The number of allylic oxidation sites excluding steroid dienone is 4. The second kappa shape index (κ2) is 3.63. The van der Waals surface area contributed by atoms with Crippen LogP contribution in [0, 0.1) is 0 Å². The minimum atomic E-state index is -5.07. The van der Waals surface area contributed by atoms with Crippen LogP contribution in [0.3, 0.4) is 0 Å². The van der Waals surface area contributed by atoms with E-state index in [1.54, 1.807) is 0 Å². The third-order valence-electron chi connectivity index (χ3n) is 1.53. The van der Waals surface area contributed by atoms with Crippen LogP contribution in [-0.2, 0) is 4.74 Å². The molecule has 0 N–H and O–H groups in total. The van der Waals surface area contributed by atoms with Crippen molar-refractivity contribution in [1.82, 2.24) is 0 Å². The number of hydrogen-bond acceptors (Lipinski definition) is 1. The molecule has 15 heavy (non-hydrogen) atoms. The standard InChI is InChI=1S/C8H4F6O/c9-7(10,11)5-1-3-15-4-2-6(5)8(12,13)14/h1-4H. The highest BCUT2D eigenvalue weighted by atomic mass is 19.4. The first-order chi connectivity index (χ1) is 6.73. The highest BCUT2D eigenvalue weighted by Gasteiger charge is 2.43. The molecule has 0 radical (unpaired) electrons. The van der Waals surface area contributed by atoms with Gasteiger partial charge in [0.15, 0.2) is 0 Å². The van der Waals surface area contributed by atoms with Crippen LogP contribution in [0.15, 0.2) is 35.8 Å². The fraction of sp³-hybridized carbons (Fsp3) is 0.250. The Labute approximate surface area is 80.3 Å². The fourth-order valence-corrected chi connectivity index (χ4v) is 0.934. The van der Waals surface area contributed by atoms with Crippen molar-refractivity contribution in [3.63, 3.8) is 0 Å². The molecular weight excluding hydrogens is 226 g/mol. The lowest BCUT2D eigenvalue weighted by atomic mass is 10.1. The molecule has 1 nitrogen and oxygen atoms in total. The zero-order valence-electron chi connectivity index (χ0n) is 6.99. The molecule has 0 atom stereocenters. The lowest BCUT2D eigenvalue weighted by Crippen LogP contribution is -2.20. The highest BCUT2D eigenvalue weighted by molar-refractivity contribution is 5.39. The molecule has 1 heterocycles. The van der Waals surface area contributed by atoms with Crippen molar-refractivity contribution in [3.05, 3.63) is 35.8 Å². The molecule has 0 unspecified atom stereocenters. The van der Waals surface area contributed by atoms with Crippen LogP contribution in [0.4, 0.5) is 26.3 Å². The maximum atomic E-state index is 12.2. The van der Waals surface area contributed by atoms with Crippen LogP contribution in [0.1, 0.15) is 0 Å². The Morgan fingerprint density at radius 2 is 1.07 bits per heavy atom. The minimum Gasteiger partial charge on any atom is -0.473 e. The van der Waals surface area contributed by atoms with Crippen molar-refractivity contribution in [2.45, 2.75) is 12.4 Å². The summed E-state index contributed by atoms with van der Waals surface area (Å²) in [6.07, 6.45) is -8.58. The molecule has 84 valence electrons. The van der Waals surface area contributed by atoms with Gasteiger partial charge in [0.25, 0.3) is 0 Å². The van der Waals surface area contributed by atoms with Crippen LogP contribution >= 0.6 is 0 Å². The first kappa shape index (κ1) is 11.7. The molecule has 0 aromatic carbocycles. The summed E-state index contributed by atoms with van der Waals surface area (Å²) < 4.78 is 77.5. The van der Waals surface area contributed by atoms with Gasteiger partial charge in [-0.25, -0.2) is 0 Å². The van der Waals surface area contributed by atoms with Gasteiger partial charge in [0, 0.05) is 0 Å². The zero-order chi connectivity index (χ0) is 11.7. The summed E-state index contributed by atoms with van der Waals surface area (Å²) in [5.41, 5.74) is -3.55. The summed E-state index contributed by atoms with van der Waals surface area (Å²) in [5.74, 6) is 0. The lowest BCUT2D eigenvalue weighted by molar-refractivity contribution is -0.110. The summed E-state index contributed by atoms with van der Waals surface area (Å²) >= 11 is 0. The van der Waals surface area contributed by atoms with Crippen molar-refractivity contribution in [3.8, 4) is 0 Å². The Bertz CT molecular complexity index is 298. The van der Waals surface area contributed by atoms with E-state index in [1.807, 2.05) is 0 Å². The fourth-order valence-electron chi connectivity index (χ4n) is 0.934. The van der Waals surface area contributed by atoms with E-state index in [4.69, 9.17) is 0 Å². The van der Waals surface area contributed by atoms with Gasteiger partial charge in [-0.15, -0.1) is 0 Å². The van der Waals surface area contributed by atoms with Gasteiger partial charge < -0.3 is 4.74 Å². The van der Waals surface area contributed by atoms with Gasteiger partial charge >= 0.3 is 12.4 Å². The zero-order valence-corrected chi connectivity index (χ0v) is 6.99. The van der Waals surface area contributed by atoms with Crippen LogP contribution in [-0.4, -0.2) is 12.4 Å². The first-order valence-electron chi connectivity index (χ1n) is 3.60. The number of rotatable bonds is 0. The molecule has 0 saturated heterocycles. The van der Waals surface area contributed by atoms with Gasteiger partial charge in [-0.2, -0.15) is 26.3 Å². The number of alkyl halides is 6. The first-order valence-corrected chi connectivity index (χ1v) is 3.60. The van der Waals surface area contributed by atoms with Crippen LogP contribution in [0.5, 0.6) is 0 Å². The minimum absolute atomic E-state index is 0.239. The highest BCUT2D eigenvalue weighted by Crippen LogP contribution is 2.38. The Morgan fingerprint density at radius 1 is 0.733 bits per heavy atom. The summed E-state index contributed by atoms with van der Waals surface area (Å²) in [6.45, 7) is 0. The van der Waals surface area contributed by atoms with Gasteiger partial charge in [-0.1, -0.05) is 0 Å². The summed E-state index contributed by atoms with van der Waals surface area (Å²) in [7, 11) is 0. The molecule has 0 aromatic rings. The quantitative estimate of drug-likeness (QED) is 0.579. The normalized spacial score (nSPS) is 17.7. The number of halogens is 6. The van der Waals surface area contributed by atoms with E-state index >= 15 is 0 Å². The smallest absolute Gasteiger partial charge is 0.417 e. The Morgan fingerprint density at radius 3 is 1.33 bits per heavy atom. The van der Waals surface area contributed by atoms with E-state index in [2.05, 4.69) is 4.74 Å². The maximum absolute atomic E-state index is 12.2. The van der Waals surface area contributed by atoms with Gasteiger partial charge in [-0.3, -0.25) is 0 Å². The predicted octanol–water partition coefficient (Wildman–Crippen LogP) is 3.47. The van der Waals surface area contributed by atoms with Gasteiger partial charge in [0.2, 0.25) is 0 Å². The Kier molecular flexibility index (Phi) is 2.83. The van der Waals surface area contributed by atoms with Crippen molar-refractivity contribution in [2.24, 2.45) is 0 Å². The topological polar surface area (TPSA) is 9.23 Å². The van der Waals surface area contributed by atoms with E-state index in [0.717, 1.165) is 0 Å². The summed E-state index contributed by atoms with van der Waals surface area (Å²) in [4.78, 5) is 0.